The third-order valence-electron chi connectivity index (χ3n) is 0.337. The number of carbonyl (C=O) groups excluding carboxylic acids is 1. The van der Waals surface area contributed by atoms with E-state index in [1.807, 2.05) is 0 Å². The maximum Gasteiger partial charge on any atom is 0.326 e. The first-order chi connectivity index (χ1) is 2.81. The molecule has 0 aliphatic heterocycles. The third-order valence-corrected chi connectivity index (χ3v) is 0.337. The van der Waals surface area contributed by atoms with E-state index in [-0.39, 0.29) is 0 Å². The van der Waals surface area contributed by atoms with Crippen LogP contribution >= 0.6 is 0 Å². The molecule has 0 aliphatic carbocycles. The Morgan fingerprint density at radius 3 is 2.50 bits per heavy atom. The predicted molar refractivity (Wildman–Crippen MR) is 20.6 cm³/mol. The molecule has 0 N–H and O–H groups in total. The van der Waals surface area contributed by atoms with Crippen LogP contribution < -0.4 is 0 Å². The van der Waals surface area contributed by atoms with Crippen molar-refractivity contribution in [1.29, 1.82) is 0 Å². The zero-order valence-corrected chi connectivity index (χ0v) is 3.40. The van der Waals surface area contributed by atoms with E-state index in [9.17, 15) is 9.18 Å². The van der Waals surface area contributed by atoms with Crippen molar-refractivity contribution in [2.75, 3.05) is 6.67 Å². The number of hydrogen-bond acceptors (Lipinski definition) is 2. The van der Waals surface area contributed by atoms with Crippen LogP contribution in [0.3, 0.4) is 0 Å². The molecule has 6 heavy (non-hydrogen) atoms. The Balaban J connectivity index is 2.99. The van der Waals surface area contributed by atoms with Crippen LogP contribution in [0.1, 0.15) is 0 Å². The summed E-state index contributed by atoms with van der Waals surface area (Å²) in [6, 6.07) is 0. The Bertz CT molecular complexity index is 49.5. The highest BCUT2D eigenvalue weighted by Gasteiger charge is 1.90. The van der Waals surface area contributed by atoms with Gasteiger partial charge in [-0.3, -0.25) is 4.79 Å². The van der Waals surface area contributed by atoms with Crippen LogP contribution in [0.15, 0.2) is 0 Å². The number of hydrogen-bond donors (Lipinski definition) is 0. The monoisotopic (exact) mass is 90.0 g/mol. The zero-order valence-electron chi connectivity index (χ0n) is 3.40. The van der Waals surface area contributed by atoms with Gasteiger partial charge in [0.2, 0.25) is 0 Å². The van der Waals surface area contributed by atoms with Crippen LogP contribution in [0, 0.1) is 0 Å². The standard InChI is InChI=1S/C2H4BFO2/c3-6-2(5)1-4/h1,3H2. The molecule has 0 radical (unpaired) electrons. The highest BCUT2D eigenvalue weighted by atomic mass is 19.1. The van der Waals surface area contributed by atoms with Crippen LogP contribution in [-0.2, 0) is 9.45 Å². The topological polar surface area (TPSA) is 26.3 Å². The second kappa shape index (κ2) is 2.69. The lowest BCUT2D eigenvalue weighted by atomic mass is 10.6. The molecule has 0 unspecified atom stereocenters. The fourth-order valence-electron chi connectivity index (χ4n) is 0.0546. The molecule has 0 amide bonds. The van der Waals surface area contributed by atoms with Crippen molar-refractivity contribution in [3.8, 4) is 0 Å². The minimum Gasteiger partial charge on any atom is -0.542 e. The van der Waals surface area contributed by atoms with Gasteiger partial charge in [0.05, 0.1) is 0 Å². The molecule has 0 heterocycles. The van der Waals surface area contributed by atoms with Gasteiger partial charge < -0.3 is 4.65 Å². The van der Waals surface area contributed by atoms with E-state index in [4.69, 9.17) is 0 Å². The lowest BCUT2D eigenvalue weighted by Crippen LogP contribution is -2.01. The summed E-state index contributed by atoms with van der Waals surface area (Å²) in [6.45, 7) is -1.03. The number of rotatable bonds is 1. The van der Waals surface area contributed by atoms with Gasteiger partial charge in [-0.05, 0) is 0 Å². The molecule has 0 saturated heterocycles. The van der Waals surface area contributed by atoms with E-state index >= 15 is 0 Å². The zero-order chi connectivity index (χ0) is 4.99. The molecule has 0 fully saturated rings. The van der Waals surface area contributed by atoms with Gasteiger partial charge in [-0.25, -0.2) is 4.39 Å². The Morgan fingerprint density at radius 2 is 2.50 bits per heavy atom. The summed E-state index contributed by atoms with van der Waals surface area (Å²) in [5.74, 6) is -0.824. The summed E-state index contributed by atoms with van der Waals surface area (Å²) in [4.78, 5) is 9.58. The Morgan fingerprint density at radius 1 is 2.00 bits per heavy atom. The number of carbonyl (C=O) groups is 1. The van der Waals surface area contributed by atoms with Crippen molar-refractivity contribution >= 4 is 14.0 Å². The van der Waals surface area contributed by atoms with Gasteiger partial charge in [0.25, 0.3) is 0 Å². The first-order valence-electron chi connectivity index (χ1n) is 1.44. The highest BCUT2D eigenvalue weighted by Crippen LogP contribution is 1.69. The quantitative estimate of drug-likeness (QED) is 0.388. The fraction of sp³-hybridized carbons (Fsp3) is 0.500. The van der Waals surface area contributed by atoms with Gasteiger partial charge in [-0.2, -0.15) is 0 Å². The second-order valence-electron chi connectivity index (χ2n) is 0.710. The SMILES string of the molecule is BOC(=O)CF. The molecule has 34 valence electrons. The minimum atomic E-state index is -1.03. The maximum atomic E-state index is 10.9. The molecule has 0 aromatic rings. The van der Waals surface area contributed by atoms with Crippen molar-refractivity contribution in [3.63, 3.8) is 0 Å². The molecule has 0 atom stereocenters. The van der Waals surface area contributed by atoms with Gasteiger partial charge >= 0.3 is 14.0 Å². The van der Waals surface area contributed by atoms with E-state index < -0.39 is 12.6 Å². The Hall–Kier alpha value is -0.535. The molecular formula is C2H4BFO2. The molecule has 0 bridgehead atoms. The fourth-order valence-corrected chi connectivity index (χ4v) is 0.0546. The molecule has 0 rings (SSSR count). The van der Waals surface area contributed by atoms with Gasteiger partial charge in [0.1, 0.15) is 0 Å². The van der Waals surface area contributed by atoms with E-state index in [0.29, 0.717) is 0 Å². The average Bonchev–Trinajstić information content (AvgIpc) is 1.65. The number of halogens is 1. The first-order valence-corrected chi connectivity index (χ1v) is 1.44. The minimum absolute atomic E-state index is 0.824. The van der Waals surface area contributed by atoms with Crippen LogP contribution in [0.4, 0.5) is 4.39 Å². The maximum absolute atomic E-state index is 10.9. The largest absolute Gasteiger partial charge is 0.542 e. The summed E-state index contributed by atoms with van der Waals surface area (Å²) in [7, 11) is 1.14. The summed E-state index contributed by atoms with van der Waals surface area (Å²) >= 11 is 0. The van der Waals surface area contributed by atoms with Crippen LogP contribution in [0.5, 0.6) is 0 Å². The normalized spacial score (nSPS) is 7.50. The van der Waals surface area contributed by atoms with Crippen molar-refractivity contribution in [2.45, 2.75) is 0 Å². The van der Waals surface area contributed by atoms with Crippen molar-refractivity contribution in [1.82, 2.24) is 0 Å². The molecule has 4 heteroatoms. The average molecular weight is 89.9 g/mol. The lowest BCUT2D eigenvalue weighted by Gasteiger charge is -1.86. The van der Waals surface area contributed by atoms with Crippen LogP contribution in [0.2, 0.25) is 0 Å². The first kappa shape index (κ1) is 5.46. The predicted octanol–water partition coefficient (Wildman–Crippen LogP) is -0.953. The lowest BCUT2D eigenvalue weighted by molar-refractivity contribution is -0.134. The Labute approximate surface area is 35.7 Å². The summed E-state index contributed by atoms with van der Waals surface area (Å²) in [5, 5.41) is 0. The Kier molecular flexibility index (Phi) is 2.45. The van der Waals surface area contributed by atoms with Gasteiger partial charge in [0, 0.05) is 0 Å². The number of alkyl halides is 1. The summed E-state index contributed by atoms with van der Waals surface area (Å²) < 4.78 is 14.8. The van der Waals surface area contributed by atoms with E-state index in [2.05, 4.69) is 4.65 Å². The van der Waals surface area contributed by atoms with E-state index in [1.54, 1.807) is 0 Å². The molecule has 0 aromatic heterocycles. The molecule has 0 saturated carbocycles. The summed E-state index contributed by atoms with van der Waals surface area (Å²) in [6.07, 6.45) is 0. The van der Waals surface area contributed by atoms with Crippen molar-refractivity contribution < 1.29 is 13.8 Å². The highest BCUT2D eigenvalue weighted by molar-refractivity contribution is 6.05. The van der Waals surface area contributed by atoms with Gasteiger partial charge in [0.15, 0.2) is 6.67 Å². The molecule has 2 nitrogen and oxygen atoms in total. The molecule has 0 aromatic carbocycles. The molecule has 0 spiro atoms. The van der Waals surface area contributed by atoms with Crippen molar-refractivity contribution in [3.05, 3.63) is 0 Å². The molecule has 0 aliphatic rings. The van der Waals surface area contributed by atoms with E-state index in [0.717, 1.165) is 8.05 Å². The van der Waals surface area contributed by atoms with Gasteiger partial charge in [-0.1, -0.05) is 0 Å². The van der Waals surface area contributed by atoms with Crippen LogP contribution in [0.25, 0.3) is 0 Å². The smallest absolute Gasteiger partial charge is 0.326 e. The van der Waals surface area contributed by atoms with Crippen LogP contribution in [-0.4, -0.2) is 20.7 Å². The van der Waals surface area contributed by atoms with Crippen molar-refractivity contribution in [2.24, 2.45) is 0 Å². The second-order valence-corrected chi connectivity index (χ2v) is 0.710. The molecular weight excluding hydrogens is 85.8 g/mol. The summed E-state index contributed by atoms with van der Waals surface area (Å²) in [5.41, 5.74) is 0. The third kappa shape index (κ3) is 1.75. The van der Waals surface area contributed by atoms with E-state index in [1.165, 1.54) is 0 Å². The van der Waals surface area contributed by atoms with Gasteiger partial charge in [-0.15, -0.1) is 0 Å².